The summed E-state index contributed by atoms with van der Waals surface area (Å²) in [6.45, 7) is 3.58. The highest BCUT2D eigenvalue weighted by Gasteiger charge is 2.20. The molecule has 0 saturated carbocycles. The van der Waals surface area contributed by atoms with Gasteiger partial charge >= 0.3 is 5.97 Å². The molecule has 7 heteroatoms. The minimum atomic E-state index is -1.02. The number of carbonyl (C=O) groups is 2. The number of nitrogens with zero attached hydrogens (tertiary/aromatic N) is 1. The van der Waals surface area contributed by atoms with E-state index in [0.29, 0.717) is 31.3 Å². The maximum absolute atomic E-state index is 12.2. The van der Waals surface area contributed by atoms with Crippen LogP contribution in [0.15, 0.2) is 24.3 Å². The Labute approximate surface area is 191 Å². The standard InChI is InChI=1S/C23H36Cl2N2O3/c1-2-3-4-5-6-7-8-9-22(28)26-21(23(29)30)18-19-10-12-20(13-11-19)27(16-14-24)17-15-25/h10-13,21H,2-9,14-18H2,1H3,(H,26,28)(H,29,30)/t21-/m0/s1. The zero-order valence-corrected chi connectivity index (χ0v) is 19.6. The summed E-state index contributed by atoms with van der Waals surface area (Å²) in [7, 11) is 0. The van der Waals surface area contributed by atoms with Crippen LogP contribution in [0.2, 0.25) is 0 Å². The molecule has 0 heterocycles. The summed E-state index contributed by atoms with van der Waals surface area (Å²) in [5, 5.41) is 12.2. The summed E-state index contributed by atoms with van der Waals surface area (Å²) in [6.07, 6.45) is 8.51. The molecule has 0 saturated heterocycles. The molecule has 2 N–H and O–H groups in total. The molecule has 1 rings (SSSR count). The molecule has 0 fully saturated rings. The molecule has 0 aliphatic rings. The molecule has 1 amide bonds. The highest BCUT2D eigenvalue weighted by molar-refractivity contribution is 6.18. The Morgan fingerprint density at radius 3 is 2.07 bits per heavy atom. The van der Waals surface area contributed by atoms with E-state index in [4.69, 9.17) is 23.2 Å². The zero-order chi connectivity index (χ0) is 22.2. The number of unbranched alkanes of at least 4 members (excludes halogenated alkanes) is 6. The monoisotopic (exact) mass is 458 g/mol. The van der Waals surface area contributed by atoms with Gasteiger partial charge in [0.05, 0.1) is 0 Å². The number of carboxylic acids is 1. The number of hydrogen-bond donors (Lipinski definition) is 2. The number of benzene rings is 1. The van der Waals surface area contributed by atoms with Crippen molar-refractivity contribution in [1.29, 1.82) is 0 Å². The normalized spacial score (nSPS) is 11.8. The van der Waals surface area contributed by atoms with Crippen molar-refractivity contribution < 1.29 is 14.7 Å². The van der Waals surface area contributed by atoms with Crippen molar-refractivity contribution in [3.8, 4) is 0 Å². The number of aliphatic carboxylic acids is 1. The van der Waals surface area contributed by atoms with Gasteiger partial charge in [0, 0.05) is 43.4 Å². The van der Waals surface area contributed by atoms with Crippen molar-refractivity contribution in [2.24, 2.45) is 0 Å². The van der Waals surface area contributed by atoms with Gasteiger partial charge in [0.15, 0.2) is 0 Å². The van der Waals surface area contributed by atoms with E-state index in [9.17, 15) is 14.7 Å². The van der Waals surface area contributed by atoms with Crippen LogP contribution in [-0.4, -0.2) is 47.9 Å². The van der Waals surface area contributed by atoms with Gasteiger partial charge in [0.1, 0.15) is 6.04 Å². The van der Waals surface area contributed by atoms with E-state index in [1.54, 1.807) is 0 Å². The lowest BCUT2D eigenvalue weighted by Gasteiger charge is -2.23. The van der Waals surface area contributed by atoms with Crippen LogP contribution in [0, 0.1) is 0 Å². The van der Waals surface area contributed by atoms with Crippen molar-refractivity contribution in [1.82, 2.24) is 5.32 Å². The van der Waals surface area contributed by atoms with E-state index in [1.807, 2.05) is 24.3 Å². The molecule has 1 aromatic rings. The second kappa shape index (κ2) is 16.3. The molecule has 0 aliphatic carbocycles. The average molecular weight is 459 g/mol. The summed E-state index contributed by atoms with van der Waals surface area (Å²) >= 11 is 11.7. The summed E-state index contributed by atoms with van der Waals surface area (Å²) < 4.78 is 0. The van der Waals surface area contributed by atoms with Crippen LogP contribution in [0.25, 0.3) is 0 Å². The van der Waals surface area contributed by atoms with Crippen LogP contribution >= 0.6 is 23.2 Å². The number of carbonyl (C=O) groups excluding carboxylic acids is 1. The molecule has 1 atom stereocenters. The molecule has 0 radical (unpaired) electrons. The molecular formula is C23H36Cl2N2O3. The quantitative estimate of drug-likeness (QED) is 0.248. The highest BCUT2D eigenvalue weighted by Crippen LogP contribution is 2.17. The topological polar surface area (TPSA) is 69.6 Å². The van der Waals surface area contributed by atoms with Gasteiger partial charge in [-0.15, -0.1) is 23.2 Å². The van der Waals surface area contributed by atoms with Gasteiger partial charge in [-0.1, -0.05) is 57.6 Å². The summed E-state index contributed by atoms with van der Waals surface area (Å²) in [5.74, 6) is -0.199. The van der Waals surface area contributed by atoms with Crippen LogP contribution in [-0.2, 0) is 16.0 Å². The Hall–Kier alpha value is -1.46. The molecule has 30 heavy (non-hydrogen) atoms. The van der Waals surface area contributed by atoms with Crippen molar-refractivity contribution in [3.63, 3.8) is 0 Å². The number of rotatable bonds is 17. The first kappa shape index (κ1) is 26.6. The van der Waals surface area contributed by atoms with E-state index in [0.717, 1.165) is 30.5 Å². The Balaban J connectivity index is 2.49. The summed E-state index contributed by atoms with van der Waals surface area (Å²) in [6, 6.07) is 6.74. The summed E-state index contributed by atoms with van der Waals surface area (Å²) in [4.78, 5) is 25.9. The molecule has 1 aromatic carbocycles. The number of hydrogen-bond acceptors (Lipinski definition) is 3. The number of carboxylic acid groups (broad SMARTS) is 1. The van der Waals surface area contributed by atoms with Crippen LogP contribution in [0.1, 0.15) is 63.9 Å². The van der Waals surface area contributed by atoms with E-state index >= 15 is 0 Å². The minimum absolute atomic E-state index is 0.192. The fourth-order valence-electron chi connectivity index (χ4n) is 3.36. The highest BCUT2D eigenvalue weighted by atomic mass is 35.5. The summed E-state index contributed by atoms with van der Waals surface area (Å²) in [5.41, 5.74) is 1.86. The number of halogens is 2. The van der Waals surface area contributed by atoms with E-state index in [-0.39, 0.29) is 12.3 Å². The SMILES string of the molecule is CCCCCCCCCC(=O)N[C@@H](Cc1ccc(N(CCCl)CCCl)cc1)C(=O)O. The fraction of sp³-hybridized carbons (Fsp3) is 0.652. The van der Waals surface area contributed by atoms with Crippen molar-refractivity contribution in [2.75, 3.05) is 29.7 Å². The van der Waals surface area contributed by atoms with Crippen molar-refractivity contribution in [3.05, 3.63) is 29.8 Å². The molecule has 5 nitrogen and oxygen atoms in total. The van der Waals surface area contributed by atoms with Gasteiger partial charge < -0.3 is 15.3 Å². The zero-order valence-electron chi connectivity index (χ0n) is 18.0. The molecule has 170 valence electrons. The van der Waals surface area contributed by atoms with E-state index in [1.165, 1.54) is 25.7 Å². The number of amides is 1. The Morgan fingerprint density at radius 2 is 1.53 bits per heavy atom. The molecule has 0 aromatic heterocycles. The van der Waals surface area contributed by atoms with Gasteiger partial charge in [0.25, 0.3) is 0 Å². The van der Waals surface area contributed by atoms with Crippen LogP contribution in [0.3, 0.4) is 0 Å². The third-order valence-electron chi connectivity index (χ3n) is 5.09. The Morgan fingerprint density at radius 1 is 0.967 bits per heavy atom. The van der Waals surface area contributed by atoms with E-state index in [2.05, 4.69) is 17.1 Å². The number of nitrogens with one attached hydrogen (secondary N) is 1. The Bertz CT molecular complexity index is 605. The van der Waals surface area contributed by atoms with Gasteiger partial charge in [-0.05, 0) is 24.1 Å². The first-order valence-corrected chi connectivity index (χ1v) is 12.1. The van der Waals surface area contributed by atoms with Crippen LogP contribution < -0.4 is 10.2 Å². The third kappa shape index (κ3) is 11.1. The first-order chi connectivity index (χ1) is 14.5. The second-order valence-corrected chi connectivity index (χ2v) is 8.32. The lowest BCUT2D eigenvalue weighted by molar-refractivity contribution is -0.141. The molecule has 0 spiro atoms. The van der Waals surface area contributed by atoms with Crippen molar-refractivity contribution >= 4 is 40.8 Å². The lowest BCUT2D eigenvalue weighted by atomic mass is 10.0. The smallest absolute Gasteiger partial charge is 0.326 e. The van der Waals surface area contributed by atoms with E-state index < -0.39 is 12.0 Å². The molecule has 0 aliphatic heterocycles. The molecule has 0 unspecified atom stereocenters. The molecular weight excluding hydrogens is 423 g/mol. The van der Waals surface area contributed by atoms with Crippen LogP contribution in [0.5, 0.6) is 0 Å². The van der Waals surface area contributed by atoms with Gasteiger partial charge in [0.2, 0.25) is 5.91 Å². The fourth-order valence-corrected chi connectivity index (χ4v) is 3.77. The van der Waals surface area contributed by atoms with Crippen molar-refractivity contribution in [2.45, 2.75) is 70.8 Å². The average Bonchev–Trinajstić information content (AvgIpc) is 2.73. The predicted octanol–water partition coefficient (Wildman–Crippen LogP) is 5.22. The van der Waals surface area contributed by atoms with Gasteiger partial charge in [-0.3, -0.25) is 4.79 Å². The molecule has 0 bridgehead atoms. The Kier molecular flexibility index (Phi) is 14.4. The number of alkyl halides is 2. The maximum Gasteiger partial charge on any atom is 0.326 e. The first-order valence-electron chi connectivity index (χ1n) is 11.0. The minimum Gasteiger partial charge on any atom is -0.480 e. The van der Waals surface area contributed by atoms with Crippen LogP contribution in [0.4, 0.5) is 5.69 Å². The third-order valence-corrected chi connectivity index (χ3v) is 5.43. The van der Waals surface area contributed by atoms with Gasteiger partial charge in [-0.2, -0.15) is 0 Å². The predicted molar refractivity (Wildman–Crippen MR) is 126 cm³/mol. The number of anilines is 1. The maximum atomic E-state index is 12.2. The second-order valence-electron chi connectivity index (χ2n) is 7.57. The largest absolute Gasteiger partial charge is 0.480 e. The lowest BCUT2D eigenvalue weighted by Crippen LogP contribution is -2.42. The van der Waals surface area contributed by atoms with Gasteiger partial charge in [-0.25, -0.2) is 4.79 Å².